The number of benzene rings is 1. The third-order valence-electron chi connectivity index (χ3n) is 4.98. The first kappa shape index (κ1) is 17.0. The number of carbonyl (C=O) groups is 1. The molecule has 24 heavy (non-hydrogen) atoms. The van der Waals surface area contributed by atoms with Crippen LogP contribution in [0, 0.1) is 5.92 Å². The Morgan fingerprint density at radius 1 is 1.42 bits per heavy atom. The topological polar surface area (TPSA) is 60.0 Å². The van der Waals surface area contributed by atoms with E-state index in [9.17, 15) is 4.79 Å². The van der Waals surface area contributed by atoms with Gasteiger partial charge in [0.2, 0.25) is 0 Å². The summed E-state index contributed by atoms with van der Waals surface area (Å²) in [5.41, 5.74) is 10.3. The van der Waals surface area contributed by atoms with Crippen LogP contribution in [0.25, 0.3) is 10.9 Å². The third kappa shape index (κ3) is 2.95. The Kier molecular flexibility index (Phi) is 4.95. The Bertz CT molecular complexity index is 745. The Morgan fingerprint density at radius 3 is 2.92 bits per heavy atom. The first-order valence-corrected chi connectivity index (χ1v) is 9.16. The highest BCUT2D eigenvalue weighted by Gasteiger charge is 2.27. The maximum absolute atomic E-state index is 12.7. The number of nitrogens with zero attached hydrogens (tertiary/aromatic N) is 1. The molecule has 3 N–H and O–H groups in total. The molecule has 1 aliphatic rings. The minimum Gasteiger partial charge on any atom is -0.351 e. The Balaban J connectivity index is 2.22. The number of aromatic nitrogens is 1. The third-order valence-corrected chi connectivity index (χ3v) is 4.98. The van der Waals surface area contributed by atoms with Crippen molar-refractivity contribution in [1.82, 2.24) is 9.88 Å². The number of hydrogen-bond acceptors (Lipinski definition) is 2. The van der Waals surface area contributed by atoms with E-state index in [0.29, 0.717) is 24.9 Å². The number of amides is 1. The van der Waals surface area contributed by atoms with Crippen LogP contribution in [0.15, 0.2) is 18.2 Å². The number of nitrogens with two attached hydrogens (primary N) is 1. The van der Waals surface area contributed by atoms with E-state index < -0.39 is 0 Å². The number of rotatable bonds is 5. The lowest BCUT2D eigenvalue weighted by Gasteiger charge is -2.23. The van der Waals surface area contributed by atoms with Crippen LogP contribution in [0.3, 0.4) is 0 Å². The van der Waals surface area contributed by atoms with Crippen molar-refractivity contribution >= 4 is 16.8 Å². The molecule has 4 nitrogen and oxygen atoms in total. The van der Waals surface area contributed by atoms with Crippen molar-refractivity contribution in [2.45, 2.75) is 52.5 Å². The summed E-state index contributed by atoms with van der Waals surface area (Å²) >= 11 is 0. The summed E-state index contributed by atoms with van der Waals surface area (Å²) in [6, 6.07) is 6.14. The van der Waals surface area contributed by atoms with E-state index in [1.165, 1.54) is 29.5 Å². The highest BCUT2D eigenvalue weighted by atomic mass is 16.1. The van der Waals surface area contributed by atoms with Crippen molar-refractivity contribution in [2.24, 2.45) is 11.7 Å². The summed E-state index contributed by atoms with van der Waals surface area (Å²) in [6.07, 6.45) is 3.59. The van der Waals surface area contributed by atoms with Gasteiger partial charge in [-0.05, 0) is 42.7 Å². The normalized spacial score (nSPS) is 17.3. The molecule has 1 aromatic carbocycles. The summed E-state index contributed by atoms with van der Waals surface area (Å²) < 4.78 is 2.43. The average Bonchev–Trinajstić information content (AvgIpc) is 2.87. The maximum Gasteiger partial charge on any atom is 0.253 e. The average molecular weight is 327 g/mol. The fraction of sp³-hybridized carbons (Fsp3) is 0.550. The molecule has 0 saturated carbocycles. The molecule has 0 saturated heterocycles. The molecule has 2 aromatic rings. The minimum atomic E-state index is -0.0152. The van der Waals surface area contributed by atoms with Crippen LogP contribution in [-0.2, 0) is 13.0 Å². The number of nitrogens with one attached hydrogen (secondary N) is 1. The van der Waals surface area contributed by atoms with Crippen LogP contribution in [0.5, 0.6) is 0 Å². The molecular weight excluding hydrogens is 298 g/mol. The van der Waals surface area contributed by atoms with Crippen molar-refractivity contribution in [2.75, 3.05) is 13.1 Å². The molecule has 0 radical (unpaired) electrons. The zero-order valence-electron chi connectivity index (χ0n) is 15.1. The summed E-state index contributed by atoms with van der Waals surface area (Å²) in [7, 11) is 0. The summed E-state index contributed by atoms with van der Waals surface area (Å²) in [4.78, 5) is 12.7. The lowest BCUT2D eigenvalue weighted by Crippen LogP contribution is -2.29. The van der Waals surface area contributed by atoms with Gasteiger partial charge in [0.05, 0.1) is 11.1 Å². The summed E-state index contributed by atoms with van der Waals surface area (Å²) in [5.74, 6) is 1.08. The smallest absolute Gasteiger partial charge is 0.253 e. The van der Waals surface area contributed by atoms with Crippen LogP contribution >= 0.6 is 0 Å². The van der Waals surface area contributed by atoms with Gasteiger partial charge < -0.3 is 15.6 Å². The van der Waals surface area contributed by atoms with Crippen molar-refractivity contribution < 1.29 is 4.79 Å². The zero-order chi connectivity index (χ0) is 17.3. The second-order valence-corrected chi connectivity index (χ2v) is 7.41. The van der Waals surface area contributed by atoms with Crippen molar-refractivity contribution in [1.29, 1.82) is 0 Å². The molecule has 1 unspecified atom stereocenters. The van der Waals surface area contributed by atoms with E-state index in [1.807, 2.05) is 12.1 Å². The second-order valence-electron chi connectivity index (χ2n) is 7.41. The standard InChI is InChI=1S/C20H29N3O/c1-13(2)12-23-18-14(3)6-4-7-15(18)16-8-5-9-17(19(16)23)20(24)22-11-10-21/h5,8-9,13-14H,4,6-7,10-12,21H2,1-3H3,(H,22,24). The molecule has 0 aliphatic heterocycles. The fourth-order valence-electron chi connectivity index (χ4n) is 4.07. The van der Waals surface area contributed by atoms with Crippen LogP contribution in [0.1, 0.15) is 61.1 Å². The second kappa shape index (κ2) is 6.98. The van der Waals surface area contributed by atoms with Gasteiger partial charge in [-0.1, -0.05) is 32.9 Å². The molecule has 0 bridgehead atoms. The molecule has 1 aromatic heterocycles. The zero-order valence-corrected chi connectivity index (χ0v) is 15.1. The lowest BCUT2D eigenvalue weighted by atomic mass is 9.88. The molecule has 3 rings (SSSR count). The van der Waals surface area contributed by atoms with Gasteiger partial charge in [-0.3, -0.25) is 4.79 Å². The first-order valence-electron chi connectivity index (χ1n) is 9.16. The monoisotopic (exact) mass is 327 g/mol. The predicted molar refractivity (Wildman–Crippen MR) is 99.5 cm³/mol. The predicted octanol–water partition coefficient (Wildman–Crippen LogP) is 3.43. The molecule has 0 spiro atoms. The van der Waals surface area contributed by atoms with Crippen LogP contribution in [0.4, 0.5) is 0 Å². The molecule has 130 valence electrons. The molecule has 1 aliphatic carbocycles. The molecule has 1 amide bonds. The van der Waals surface area contributed by atoms with Crippen LogP contribution < -0.4 is 11.1 Å². The summed E-state index contributed by atoms with van der Waals surface area (Å²) in [6.45, 7) is 8.73. The largest absolute Gasteiger partial charge is 0.351 e. The fourth-order valence-corrected chi connectivity index (χ4v) is 4.07. The number of carbonyl (C=O) groups excluding carboxylic acids is 1. The van der Waals surface area contributed by atoms with Gasteiger partial charge in [0.25, 0.3) is 5.91 Å². The molecule has 1 heterocycles. The van der Waals surface area contributed by atoms with E-state index in [1.54, 1.807) is 0 Å². The van der Waals surface area contributed by atoms with Gasteiger partial charge in [0.15, 0.2) is 0 Å². The Labute approximate surface area is 144 Å². The Hall–Kier alpha value is -1.81. The summed E-state index contributed by atoms with van der Waals surface area (Å²) in [5, 5.41) is 4.20. The maximum atomic E-state index is 12.7. The number of aryl methyl sites for hydroxylation is 1. The van der Waals surface area contributed by atoms with Crippen molar-refractivity contribution in [3.05, 3.63) is 35.0 Å². The van der Waals surface area contributed by atoms with E-state index in [0.717, 1.165) is 24.0 Å². The van der Waals surface area contributed by atoms with Gasteiger partial charge in [-0.25, -0.2) is 0 Å². The molecule has 0 fully saturated rings. The van der Waals surface area contributed by atoms with Gasteiger partial charge >= 0.3 is 0 Å². The van der Waals surface area contributed by atoms with E-state index in [2.05, 4.69) is 36.7 Å². The highest BCUT2D eigenvalue weighted by Crippen LogP contribution is 2.39. The minimum absolute atomic E-state index is 0.0152. The quantitative estimate of drug-likeness (QED) is 0.884. The van der Waals surface area contributed by atoms with Crippen LogP contribution in [-0.4, -0.2) is 23.6 Å². The van der Waals surface area contributed by atoms with E-state index in [-0.39, 0.29) is 5.91 Å². The Morgan fingerprint density at radius 2 is 2.21 bits per heavy atom. The number of hydrogen-bond donors (Lipinski definition) is 2. The van der Waals surface area contributed by atoms with Gasteiger partial charge in [0, 0.05) is 30.7 Å². The van der Waals surface area contributed by atoms with E-state index in [4.69, 9.17) is 5.73 Å². The molecular formula is C20H29N3O. The molecule has 1 atom stereocenters. The van der Waals surface area contributed by atoms with Gasteiger partial charge in [-0.15, -0.1) is 0 Å². The van der Waals surface area contributed by atoms with Crippen molar-refractivity contribution in [3.63, 3.8) is 0 Å². The van der Waals surface area contributed by atoms with Crippen LogP contribution in [0.2, 0.25) is 0 Å². The van der Waals surface area contributed by atoms with Gasteiger partial charge in [-0.2, -0.15) is 0 Å². The van der Waals surface area contributed by atoms with Gasteiger partial charge in [0.1, 0.15) is 0 Å². The first-order chi connectivity index (χ1) is 11.5. The van der Waals surface area contributed by atoms with Crippen molar-refractivity contribution in [3.8, 4) is 0 Å². The SMILES string of the molecule is CC(C)Cn1c2c(c3cccc(C(=O)NCCN)c31)CCCC2C. The number of para-hydroxylation sites is 1. The molecule has 4 heteroatoms. The highest BCUT2D eigenvalue weighted by molar-refractivity contribution is 6.07. The van der Waals surface area contributed by atoms with E-state index >= 15 is 0 Å². The lowest BCUT2D eigenvalue weighted by molar-refractivity contribution is 0.0956. The number of fused-ring (bicyclic) bond motifs is 3.